The maximum Gasteiger partial charge on any atom is 0.326 e. The van der Waals surface area contributed by atoms with Crippen molar-refractivity contribution in [2.75, 3.05) is 11.9 Å². The van der Waals surface area contributed by atoms with Crippen molar-refractivity contribution < 1.29 is 14.7 Å². The predicted octanol–water partition coefficient (Wildman–Crippen LogP) is 2.68. The maximum absolute atomic E-state index is 12.3. The summed E-state index contributed by atoms with van der Waals surface area (Å²) >= 11 is 5.85. The van der Waals surface area contributed by atoms with Gasteiger partial charge in [-0.15, -0.1) is 0 Å². The Kier molecular flexibility index (Phi) is 4.66. The Bertz CT molecular complexity index is 612. The summed E-state index contributed by atoms with van der Waals surface area (Å²) in [6, 6.07) is 5.12. The number of carbonyl (C=O) groups excluding carboxylic acids is 1. The molecule has 1 saturated heterocycles. The molecule has 1 unspecified atom stereocenters. The molecule has 0 bridgehead atoms. The number of aliphatic carboxylic acids is 1. The first-order chi connectivity index (χ1) is 10.0. The zero-order chi connectivity index (χ0) is 15.4. The van der Waals surface area contributed by atoms with E-state index in [9.17, 15) is 14.7 Å². The van der Waals surface area contributed by atoms with E-state index in [0.717, 1.165) is 12.8 Å². The fourth-order valence-electron chi connectivity index (χ4n) is 2.34. The van der Waals surface area contributed by atoms with Gasteiger partial charge in [-0.05, 0) is 37.5 Å². The van der Waals surface area contributed by atoms with Crippen molar-refractivity contribution >= 4 is 29.3 Å². The number of hydrogen-bond donors (Lipinski definition) is 2. The zero-order valence-corrected chi connectivity index (χ0v) is 11.9. The van der Waals surface area contributed by atoms with Gasteiger partial charge in [-0.25, -0.2) is 9.59 Å². The lowest BCUT2D eigenvalue weighted by molar-refractivity contribution is -0.143. The number of nitrogens with one attached hydrogen (secondary N) is 1. The van der Waals surface area contributed by atoms with Crippen molar-refractivity contribution in [2.24, 2.45) is 0 Å². The van der Waals surface area contributed by atoms with E-state index in [1.54, 1.807) is 6.07 Å². The second-order valence-corrected chi connectivity index (χ2v) is 5.21. The number of hydrogen-bond acceptors (Lipinski definition) is 3. The number of benzene rings is 1. The highest BCUT2D eigenvalue weighted by Crippen LogP contribution is 2.23. The van der Waals surface area contributed by atoms with E-state index in [0.29, 0.717) is 18.0 Å². The molecule has 1 fully saturated rings. The molecule has 1 heterocycles. The van der Waals surface area contributed by atoms with Gasteiger partial charge in [0.15, 0.2) is 0 Å². The van der Waals surface area contributed by atoms with Gasteiger partial charge in [0.05, 0.1) is 11.3 Å². The number of carboxylic acid groups (broad SMARTS) is 1. The predicted molar refractivity (Wildman–Crippen MR) is 77.2 cm³/mol. The fraction of sp³-hybridized carbons (Fsp3) is 0.357. The summed E-state index contributed by atoms with van der Waals surface area (Å²) in [6.45, 7) is 0.380. The van der Waals surface area contributed by atoms with E-state index < -0.39 is 18.0 Å². The van der Waals surface area contributed by atoms with Gasteiger partial charge in [0.25, 0.3) is 0 Å². The molecule has 110 valence electrons. The third kappa shape index (κ3) is 3.44. The molecule has 1 aromatic rings. The van der Waals surface area contributed by atoms with E-state index in [1.807, 2.05) is 6.07 Å². The number of carbonyl (C=O) groups is 2. The Morgan fingerprint density at radius 3 is 2.86 bits per heavy atom. The molecule has 6 nitrogen and oxygen atoms in total. The van der Waals surface area contributed by atoms with Gasteiger partial charge in [-0.1, -0.05) is 11.6 Å². The molecule has 0 aromatic heterocycles. The number of amides is 2. The van der Waals surface area contributed by atoms with Crippen LogP contribution in [-0.2, 0) is 4.79 Å². The van der Waals surface area contributed by atoms with Crippen LogP contribution in [0.25, 0.3) is 0 Å². The number of nitriles is 1. The summed E-state index contributed by atoms with van der Waals surface area (Å²) in [6.07, 6.45) is 1.97. The largest absolute Gasteiger partial charge is 0.480 e. The Morgan fingerprint density at radius 1 is 1.43 bits per heavy atom. The van der Waals surface area contributed by atoms with E-state index >= 15 is 0 Å². The number of likely N-dealkylation sites (tertiary alicyclic amines) is 1. The van der Waals surface area contributed by atoms with E-state index in [-0.39, 0.29) is 11.3 Å². The van der Waals surface area contributed by atoms with Crippen molar-refractivity contribution in [3.8, 4) is 6.07 Å². The van der Waals surface area contributed by atoms with Gasteiger partial charge in [0, 0.05) is 11.6 Å². The van der Waals surface area contributed by atoms with Gasteiger partial charge in [0.1, 0.15) is 12.1 Å². The van der Waals surface area contributed by atoms with Crippen LogP contribution in [0, 0.1) is 11.3 Å². The van der Waals surface area contributed by atoms with Crippen molar-refractivity contribution in [3.63, 3.8) is 0 Å². The number of piperidine rings is 1. The number of rotatable bonds is 2. The number of anilines is 1. The summed E-state index contributed by atoms with van der Waals surface area (Å²) < 4.78 is 0. The van der Waals surface area contributed by atoms with Gasteiger partial charge in [0.2, 0.25) is 0 Å². The van der Waals surface area contributed by atoms with Crippen LogP contribution in [0.1, 0.15) is 24.8 Å². The molecule has 2 N–H and O–H groups in total. The van der Waals surface area contributed by atoms with Gasteiger partial charge >= 0.3 is 12.0 Å². The molecule has 2 amide bonds. The molecule has 1 aromatic carbocycles. The molecule has 2 rings (SSSR count). The minimum atomic E-state index is -1.02. The van der Waals surface area contributed by atoms with E-state index in [1.165, 1.54) is 17.0 Å². The molecule has 1 atom stereocenters. The summed E-state index contributed by atoms with van der Waals surface area (Å²) in [5, 5.41) is 21.2. The third-order valence-corrected chi connectivity index (χ3v) is 3.63. The highest BCUT2D eigenvalue weighted by molar-refractivity contribution is 6.31. The maximum atomic E-state index is 12.3. The van der Waals surface area contributed by atoms with Crippen molar-refractivity contribution in [1.82, 2.24) is 4.90 Å². The monoisotopic (exact) mass is 307 g/mol. The highest BCUT2D eigenvalue weighted by Gasteiger charge is 2.32. The zero-order valence-electron chi connectivity index (χ0n) is 11.2. The van der Waals surface area contributed by atoms with Gasteiger partial charge in [-0.3, -0.25) is 0 Å². The minimum Gasteiger partial charge on any atom is -0.480 e. The summed E-state index contributed by atoms with van der Waals surface area (Å²) in [5.74, 6) is -1.02. The van der Waals surface area contributed by atoms with E-state index in [2.05, 4.69) is 5.32 Å². The van der Waals surface area contributed by atoms with Crippen LogP contribution in [0.2, 0.25) is 5.02 Å². The standard InChI is InChI=1S/C14H14ClN3O3/c15-10-5-4-9(8-16)11(7-10)17-14(21)18-6-2-1-3-12(18)13(19)20/h4-5,7,12H,1-3,6H2,(H,17,21)(H,19,20). The molecular formula is C14H14ClN3O3. The number of halogens is 1. The lowest BCUT2D eigenvalue weighted by atomic mass is 10.0. The van der Waals surface area contributed by atoms with E-state index in [4.69, 9.17) is 16.9 Å². The Balaban J connectivity index is 2.19. The second-order valence-electron chi connectivity index (χ2n) is 4.78. The Hall–Kier alpha value is -2.26. The first-order valence-corrected chi connectivity index (χ1v) is 6.91. The lowest BCUT2D eigenvalue weighted by Gasteiger charge is -2.32. The van der Waals surface area contributed by atoms with Crippen LogP contribution >= 0.6 is 11.6 Å². The van der Waals surface area contributed by atoms with Crippen LogP contribution in [-0.4, -0.2) is 34.6 Å². The summed E-state index contributed by atoms with van der Waals surface area (Å²) in [7, 11) is 0. The normalized spacial score (nSPS) is 17.9. The molecule has 1 aliphatic heterocycles. The van der Waals surface area contributed by atoms with Crippen LogP contribution < -0.4 is 5.32 Å². The number of nitrogens with zero attached hydrogens (tertiary/aromatic N) is 2. The molecular weight excluding hydrogens is 294 g/mol. The van der Waals surface area contributed by atoms with Crippen LogP contribution in [0.15, 0.2) is 18.2 Å². The molecule has 21 heavy (non-hydrogen) atoms. The first-order valence-electron chi connectivity index (χ1n) is 6.53. The third-order valence-electron chi connectivity index (χ3n) is 3.39. The molecule has 1 aliphatic rings. The van der Waals surface area contributed by atoms with Gasteiger partial charge < -0.3 is 15.3 Å². The SMILES string of the molecule is N#Cc1ccc(Cl)cc1NC(=O)N1CCCCC1C(=O)O. The quantitative estimate of drug-likeness (QED) is 0.878. The molecule has 0 spiro atoms. The smallest absolute Gasteiger partial charge is 0.326 e. The number of urea groups is 1. The average molecular weight is 308 g/mol. The number of carboxylic acids is 1. The Morgan fingerprint density at radius 2 is 2.19 bits per heavy atom. The molecule has 7 heteroatoms. The minimum absolute atomic E-state index is 0.275. The fourth-order valence-corrected chi connectivity index (χ4v) is 2.51. The Labute approximate surface area is 126 Å². The molecule has 0 aliphatic carbocycles. The van der Waals surface area contributed by atoms with Crippen molar-refractivity contribution in [2.45, 2.75) is 25.3 Å². The first kappa shape index (κ1) is 15.1. The summed E-state index contributed by atoms with van der Waals surface area (Å²) in [4.78, 5) is 24.8. The van der Waals surface area contributed by atoms with Crippen LogP contribution in [0.4, 0.5) is 10.5 Å². The summed E-state index contributed by atoms with van der Waals surface area (Å²) in [5.41, 5.74) is 0.557. The average Bonchev–Trinajstić information content (AvgIpc) is 2.47. The van der Waals surface area contributed by atoms with Crippen molar-refractivity contribution in [1.29, 1.82) is 5.26 Å². The van der Waals surface area contributed by atoms with Gasteiger partial charge in [-0.2, -0.15) is 5.26 Å². The molecule has 0 saturated carbocycles. The van der Waals surface area contributed by atoms with Crippen LogP contribution in [0.5, 0.6) is 0 Å². The second kappa shape index (κ2) is 6.46. The van der Waals surface area contributed by atoms with Crippen molar-refractivity contribution in [3.05, 3.63) is 28.8 Å². The lowest BCUT2D eigenvalue weighted by Crippen LogP contribution is -2.49. The topological polar surface area (TPSA) is 93.4 Å². The van der Waals surface area contributed by atoms with Crippen LogP contribution in [0.3, 0.4) is 0 Å². The molecule has 0 radical (unpaired) electrons. The highest BCUT2D eigenvalue weighted by atomic mass is 35.5.